The summed E-state index contributed by atoms with van der Waals surface area (Å²) in [7, 11) is 3.26. The Balaban J connectivity index is 2.07. The Morgan fingerprint density at radius 1 is 1.03 bits per heavy atom. The molecule has 3 rings (SSSR count). The number of hydrogen-bond donors (Lipinski definition) is 0. The fourth-order valence-electron chi connectivity index (χ4n) is 4.35. The number of rotatable bonds is 12. The first-order valence-electron chi connectivity index (χ1n) is 11.9. The van der Waals surface area contributed by atoms with E-state index in [9.17, 15) is 9.59 Å². The lowest BCUT2D eigenvalue weighted by Crippen LogP contribution is -2.41. The van der Waals surface area contributed by atoms with Gasteiger partial charge in [0.15, 0.2) is 0 Å². The summed E-state index contributed by atoms with van der Waals surface area (Å²) in [4.78, 5) is 34.0. The van der Waals surface area contributed by atoms with Gasteiger partial charge in [-0.15, -0.1) is 0 Å². The van der Waals surface area contributed by atoms with Crippen molar-refractivity contribution in [1.29, 1.82) is 0 Å². The number of carbonyl (C=O) groups excluding carboxylic acids is 1. The van der Waals surface area contributed by atoms with Crippen LogP contribution in [0, 0.1) is 0 Å². The second kappa shape index (κ2) is 12.4. The highest BCUT2D eigenvalue weighted by molar-refractivity contribution is 5.84. The van der Waals surface area contributed by atoms with Crippen molar-refractivity contribution in [3.63, 3.8) is 0 Å². The molecule has 1 aromatic heterocycles. The van der Waals surface area contributed by atoms with Crippen molar-refractivity contribution in [1.82, 2.24) is 14.5 Å². The fraction of sp³-hybridized carbons (Fsp3) is 0.444. The summed E-state index contributed by atoms with van der Waals surface area (Å²) in [5.74, 6) is 0.318. The van der Waals surface area contributed by atoms with Crippen LogP contribution in [0.1, 0.15) is 50.0 Å². The van der Waals surface area contributed by atoms with Crippen molar-refractivity contribution in [2.45, 2.75) is 45.2 Å². The number of methoxy groups -OCH3 is 2. The Labute approximate surface area is 201 Å². The molecule has 0 spiro atoms. The lowest BCUT2D eigenvalue weighted by atomic mass is 9.94. The molecule has 2 atom stereocenters. The predicted molar refractivity (Wildman–Crippen MR) is 134 cm³/mol. The smallest absolute Gasteiger partial charge is 0.261 e. The Kier molecular flexibility index (Phi) is 9.36. The Morgan fingerprint density at radius 3 is 2.38 bits per heavy atom. The molecule has 3 aromatic rings. The second-order valence-corrected chi connectivity index (χ2v) is 8.36. The standard InChI is InChI=1S/C27H35N3O4/c1-5-22(21-12-7-6-8-13-21)26(31)29(16-11-18-33-3)20(2)25-28-24-15-10-9-14-23(24)27(32)30(25)17-19-34-4/h6-10,12-15,20,22H,5,11,16-19H2,1-4H3. The maximum absolute atomic E-state index is 13.9. The molecule has 0 aliphatic carbocycles. The molecule has 182 valence electrons. The first-order valence-corrected chi connectivity index (χ1v) is 11.9. The lowest BCUT2D eigenvalue weighted by molar-refractivity contribution is -0.135. The van der Waals surface area contributed by atoms with E-state index >= 15 is 0 Å². The second-order valence-electron chi connectivity index (χ2n) is 8.36. The number of benzene rings is 2. The number of hydrogen-bond acceptors (Lipinski definition) is 5. The molecule has 2 unspecified atom stereocenters. The van der Waals surface area contributed by atoms with E-state index in [4.69, 9.17) is 14.5 Å². The van der Waals surface area contributed by atoms with Crippen LogP contribution in [-0.2, 0) is 20.8 Å². The number of para-hydroxylation sites is 1. The van der Waals surface area contributed by atoms with Crippen LogP contribution in [-0.4, -0.2) is 54.3 Å². The number of aromatic nitrogens is 2. The third-order valence-electron chi connectivity index (χ3n) is 6.19. The molecular weight excluding hydrogens is 430 g/mol. The molecule has 0 fully saturated rings. The van der Waals surface area contributed by atoms with Crippen molar-refractivity contribution in [3.05, 3.63) is 76.3 Å². The minimum Gasteiger partial charge on any atom is -0.385 e. The Bertz CT molecular complexity index is 1130. The van der Waals surface area contributed by atoms with E-state index in [1.165, 1.54) is 0 Å². The molecular formula is C27H35N3O4. The van der Waals surface area contributed by atoms with Crippen LogP contribution in [0.4, 0.5) is 0 Å². The predicted octanol–water partition coefficient (Wildman–Crippen LogP) is 4.16. The van der Waals surface area contributed by atoms with Gasteiger partial charge in [-0.05, 0) is 37.5 Å². The van der Waals surface area contributed by atoms with Gasteiger partial charge in [-0.3, -0.25) is 14.2 Å². The van der Waals surface area contributed by atoms with E-state index in [0.717, 1.165) is 5.56 Å². The maximum Gasteiger partial charge on any atom is 0.261 e. The van der Waals surface area contributed by atoms with Gasteiger partial charge in [-0.2, -0.15) is 0 Å². The maximum atomic E-state index is 13.9. The first-order chi connectivity index (χ1) is 16.5. The summed E-state index contributed by atoms with van der Waals surface area (Å²) in [5, 5.41) is 0.558. The van der Waals surface area contributed by atoms with E-state index in [-0.39, 0.29) is 17.4 Å². The van der Waals surface area contributed by atoms with Crippen LogP contribution in [0.2, 0.25) is 0 Å². The van der Waals surface area contributed by atoms with Crippen molar-refractivity contribution in [3.8, 4) is 0 Å². The number of ether oxygens (including phenoxy) is 2. The van der Waals surface area contributed by atoms with Gasteiger partial charge in [0.1, 0.15) is 5.82 Å². The third kappa shape index (κ3) is 5.72. The highest BCUT2D eigenvalue weighted by Crippen LogP contribution is 2.28. The van der Waals surface area contributed by atoms with Crippen LogP contribution < -0.4 is 5.56 Å². The third-order valence-corrected chi connectivity index (χ3v) is 6.19. The summed E-state index contributed by atoms with van der Waals surface area (Å²) in [6.45, 7) is 5.75. The van der Waals surface area contributed by atoms with Gasteiger partial charge in [-0.25, -0.2) is 4.98 Å². The molecule has 2 aromatic carbocycles. The normalized spacial score (nSPS) is 13.1. The first kappa shape index (κ1) is 25.6. The molecule has 1 amide bonds. The van der Waals surface area contributed by atoms with Crippen LogP contribution in [0.25, 0.3) is 10.9 Å². The number of fused-ring (bicyclic) bond motifs is 1. The Hall–Kier alpha value is -3.03. The van der Waals surface area contributed by atoms with E-state index in [0.29, 0.717) is 55.9 Å². The van der Waals surface area contributed by atoms with Crippen LogP contribution >= 0.6 is 0 Å². The summed E-state index contributed by atoms with van der Waals surface area (Å²) in [6, 6.07) is 16.8. The SMILES string of the molecule is CCC(C(=O)N(CCCOC)C(C)c1nc2ccccc2c(=O)n1CCOC)c1ccccc1. The minimum absolute atomic E-state index is 0.0259. The highest BCUT2D eigenvalue weighted by atomic mass is 16.5. The summed E-state index contributed by atoms with van der Waals surface area (Å²) in [6.07, 6.45) is 1.37. The molecule has 7 heteroatoms. The quantitative estimate of drug-likeness (QED) is 0.376. The van der Waals surface area contributed by atoms with E-state index in [1.54, 1.807) is 24.9 Å². The molecule has 0 aliphatic rings. The molecule has 1 heterocycles. The molecule has 0 N–H and O–H groups in total. The van der Waals surface area contributed by atoms with E-state index < -0.39 is 6.04 Å². The minimum atomic E-state index is -0.406. The van der Waals surface area contributed by atoms with Crippen molar-refractivity contribution in [2.24, 2.45) is 0 Å². The van der Waals surface area contributed by atoms with Gasteiger partial charge >= 0.3 is 0 Å². The molecule has 34 heavy (non-hydrogen) atoms. The van der Waals surface area contributed by atoms with Crippen molar-refractivity contribution in [2.75, 3.05) is 34.0 Å². The zero-order chi connectivity index (χ0) is 24.5. The fourth-order valence-corrected chi connectivity index (χ4v) is 4.35. The summed E-state index contributed by atoms with van der Waals surface area (Å²) in [5.41, 5.74) is 1.49. The van der Waals surface area contributed by atoms with E-state index in [2.05, 4.69) is 0 Å². The van der Waals surface area contributed by atoms with Gasteiger partial charge in [0, 0.05) is 27.4 Å². The van der Waals surface area contributed by atoms with Crippen molar-refractivity contribution >= 4 is 16.8 Å². The zero-order valence-electron chi connectivity index (χ0n) is 20.6. The number of nitrogens with zero attached hydrogens (tertiary/aromatic N) is 3. The molecule has 0 saturated carbocycles. The zero-order valence-corrected chi connectivity index (χ0v) is 20.6. The monoisotopic (exact) mass is 465 g/mol. The molecule has 0 radical (unpaired) electrons. The van der Waals surface area contributed by atoms with Gasteiger partial charge < -0.3 is 14.4 Å². The van der Waals surface area contributed by atoms with Gasteiger partial charge in [0.2, 0.25) is 5.91 Å². The molecule has 0 bridgehead atoms. The van der Waals surface area contributed by atoms with Gasteiger partial charge in [0.05, 0.1) is 36.0 Å². The Morgan fingerprint density at radius 2 is 1.71 bits per heavy atom. The van der Waals surface area contributed by atoms with Gasteiger partial charge in [-0.1, -0.05) is 49.4 Å². The lowest BCUT2D eigenvalue weighted by Gasteiger charge is -2.33. The largest absolute Gasteiger partial charge is 0.385 e. The summed E-state index contributed by atoms with van der Waals surface area (Å²) >= 11 is 0. The average molecular weight is 466 g/mol. The molecule has 7 nitrogen and oxygen atoms in total. The highest BCUT2D eigenvalue weighted by Gasteiger charge is 2.30. The van der Waals surface area contributed by atoms with E-state index in [1.807, 2.05) is 67.3 Å². The van der Waals surface area contributed by atoms with Gasteiger partial charge in [0.25, 0.3) is 5.56 Å². The number of amides is 1. The average Bonchev–Trinajstić information content (AvgIpc) is 2.86. The number of carbonyl (C=O) groups is 1. The van der Waals surface area contributed by atoms with Crippen molar-refractivity contribution < 1.29 is 14.3 Å². The molecule has 0 aliphatic heterocycles. The van der Waals surface area contributed by atoms with Crippen LogP contribution in [0.3, 0.4) is 0 Å². The summed E-state index contributed by atoms with van der Waals surface area (Å²) < 4.78 is 12.2. The topological polar surface area (TPSA) is 73.7 Å². The van der Waals surface area contributed by atoms with Crippen LogP contribution in [0.15, 0.2) is 59.4 Å². The molecule has 0 saturated heterocycles. The van der Waals surface area contributed by atoms with Crippen LogP contribution in [0.5, 0.6) is 0 Å².